The quantitative estimate of drug-likeness (QED) is 0.723. The number of carboxylic acid groups (broad SMARTS) is 1. The van der Waals surface area contributed by atoms with Gasteiger partial charge in [0.25, 0.3) is 0 Å². The largest absolute Gasteiger partial charge is 0.478 e. The molecule has 0 bridgehead atoms. The van der Waals surface area contributed by atoms with Gasteiger partial charge in [0.1, 0.15) is 5.76 Å². The lowest BCUT2D eigenvalue weighted by molar-refractivity contribution is -0.131. The maximum atomic E-state index is 11.1. The molecule has 1 rings (SSSR count). The highest BCUT2D eigenvalue weighted by atomic mass is 16.4. The molecular formula is C10H10O4. The molecule has 0 amide bonds. The Balaban J connectivity index is 3.15. The first kappa shape index (κ1) is 10.2. The molecule has 74 valence electrons. The lowest BCUT2D eigenvalue weighted by Crippen LogP contribution is -2.03. The van der Waals surface area contributed by atoms with Crippen molar-refractivity contribution in [3.63, 3.8) is 0 Å². The van der Waals surface area contributed by atoms with Crippen molar-refractivity contribution in [2.45, 2.75) is 13.8 Å². The van der Waals surface area contributed by atoms with Crippen LogP contribution in [0.5, 0.6) is 0 Å². The summed E-state index contributed by atoms with van der Waals surface area (Å²) >= 11 is 0. The van der Waals surface area contributed by atoms with Gasteiger partial charge in [0.15, 0.2) is 0 Å². The zero-order valence-corrected chi connectivity index (χ0v) is 7.90. The Hall–Kier alpha value is -1.84. The van der Waals surface area contributed by atoms with E-state index in [1.807, 2.05) is 0 Å². The molecule has 1 heterocycles. The molecule has 0 spiro atoms. The van der Waals surface area contributed by atoms with Gasteiger partial charge in [0, 0.05) is 11.6 Å². The van der Waals surface area contributed by atoms with Crippen molar-refractivity contribution in [1.29, 1.82) is 0 Å². The monoisotopic (exact) mass is 194 g/mol. The molecule has 0 aliphatic carbocycles. The summed E-state index contributed by atoms with van der Waals surface area (Å²) in [6.45, 7) is 3.20. The lowest BCUT2D eigenvalue weighted by Gasteiger charge is -1.98. The van der Waals surface area contributed by atoms with E-state index in [1.54, 1.807) is 26.0 Å². The van der Waals surface area contributed by atoms with Gasteiger partial charge in [0.05, 0.1) is 0 Å². The van der Waals surface area contributed by atoms with Crippen molar-refractivity contribution >= 4 is 11.5 Å². The Morgan fingerprint density at radius 2 is 2.14 bits per heavy atom. The lowest BCUT2D eigenvalue weighted by atomic mass is 10.2. The van der Waals surface area contributed by atoms with Gasteiger partial charge in [-0.15, -0.1) is 0 Å². The second kappa shape index (κ2) is 3.91. The van der Waals surface area contributed by atoms with Crippen molar-refractivity contribution in [2.75, 3.05) is 0 Å². The predicted octanol–water partition coefficient (Wildman–Crippen LogP) is 1.44. The van der Waals surface area contributed by atoms with Gasteiger partial charge < -0.3 is 9.52 Å². The smallest absolute Gasteiger partial charge is 0.339 e. The molecule has 0 saturated carbocycles. The van der Waals surface area contributed by atoms with Crippen LogP contribution >= 0.6 is 0 Å². The molecule has 4 heteroatoms. The second-order valence-electron chi connectivity index (χ2n) is 2.94. The Bertz CT molecular complexity index is 440. The van der Waals surface area contributed by atoms with Gasteiger partial charge in [-0.05, 0) is 31.6 Å². The zero-order chi connectivity index (χ0) is 10.7. The summed E-state index contributed by atoms with van der Waals surface area (Å²) in [4.78, 5) is 21.4. The van der Waals surface area contributed by atoms with E-state index in [9.17, 15) is 9.59 Å². The number of allylic oxidation sites excluding steroid dienone is 1. The van der Waals surface area contributed by atoms with Crippen LogP contribution in [0.1, 0.15) is 18.2 Å². The normalized spacial score (nSPS) is 11.4. The van der Waals surface area contributed by atoms with Gasteiger partial charge in [0.2, 0.25) is 0 Å². The van der Waals surface area contributed by atoms with E-state index in [0.29, 0.717) is 11.1 Å². The van der Waals surface area contributed by atoms with E-state index in [2.05, 4.69) is 0 Å². The molecule has 1 aromatic heterocycles. The van der Waals surface area contributed by atoms with Crippen LogP contribution in [-0.4, -0.2) is 11.1 Å². The molecule has 0 aromatic carbocycles. The summed E-state index contributed by atoms with van der Waals surface area (Å²) in [5.74, 6) is -0.784. The molecule has 0 unspecified atom stereocenters. The number of carboxylic acids is 1. The number of hydrogen-bond donors (Lipinski definition) is 1. The van der Waals surface area contributed by atoms with E-state index >= 15 is 0 Å². The third kappa shape index (κ3) is 2.32. The van der Waals surface area contributed by atoms with Crippen LogP contribution in [0.15, 0.2) is 27.4 Å². The maximum absolute atomic E-state index is 11.1. The van der Waals surface area contributed by atoms with Gasteiger partial charge >= 0.3 is 11.6 Å². The molecule has 1 aromatic rings. The predicted molar refractivity (Wildman–Crippen MR) is 51.0 cm³/mol. The highest BCUT2D eigenvalue weighted by molar-refractivity contribution is 5.88. The minimum Gasteiger partial charge on any atom is -0.478 e. The van der Waals surface area contributed by atoms with Crippen molar-refractivity contribution in [2.24, 2.45) is 0 Å². The minimum atomic E-state index is -1.06. The highest BCUT2D eigenvalue weighted by Gasteiger charge is 2.03. The van der Waals surface area contributed by atoms with Gasteiger partial charge in [-0.25, -0.2) is 9.59 Å². The highest BCUT2D eigenvalue weighted by Crippen LogP contribution is 2.11. The first-order valence-corrected chi connectivity index (χ1v) is 4.03. The first-order chi connectivity index (χ1) is 6.50. The number of aliphatic carboxylic acids is 1. The molecule has 0 saturated heterocycles. The Morgan fingerprint density at radius 1 is 1.50 bits per heavy atom. The van der Waals surface area contributed by atoms with E-state index in [-0.39, 0.29) is 5.76 Å². The Kier molecular flexibility index (Phi) is 2.86. The molecular weight excluding hydrogens is 184 g/mol. The fourth-order valence-corrected chi connectivity index (χ4v) is 0.951. The maximum Gasteiger partial charge on any atom is 0.339 e. The third-order valence-electron chi connectivity index (χ3n) is 1.74. The van der Waals surface area contributed by atoms with Crippen molar-refractivity contribution in [3.8, 4) is 0 Å². The average molecular weight is 194 g/mol. The molecule has 0 aliphatic heterocycles. The molecule has 0 atom stereocenters. The summed E-state index contributed by atoms with van der Waals surface area (Å²) in [5, 5.41) is 8.47. The molecule has 4 nitrogen and oxygen atoms in total. The van der Waals surface area contributed by atoms with Crippen LogP contribution in [0.4, 0.5) is 0 Å². The fraction of sp³-hybridized carbons (Fsp3) is 0.200. The van der Waals surface area contributed by atoms with Crippen LogP contribution in [-0.2, 0) is 4.79 Å². The summed E-state index contributed by atoms with van der Waals surface area (Å²) < 4.78 is 4.88. The van der Waals surface area contributed by atoms with Gasteiger partial charge in [-0.2, -0.15) is 0 Å². The SMILES string of the molecule is CC(=CC(=O)O)c1ccc(C)c(=O)o1. The van der Waals surface area contributed by atoms with Crippen LogP contribution in [0, 0.1) is 6.92 Å². The number of hydrogen-bond acceptors (Lipinski definition) is 3. The second-order valence-corrected chi connectivity index (χ2v) is 2.94. The van der Waals surface area contributed by atoms with Crippen LogP contribution < -0.4 is 5.63 Å². The molecule has 0 aliphatic rings. The third-order valence-corrected chi connectivity index (χ3v) is 1.74. The Morgan fingerprint density at radius 3 is 2.64 bits per heavy atom. The standard InChI is InChI=1S/C10H10O4/c1-6-3-4-8(14-10(6)13)7(2)5-9(11)12/h3-5H,1-2H3,(H,11,12). The minimum absolute atomic E-state index is 0.281. The topological polar surface area (TPSA) is 67.5 Å². The van der Waals surface area contributed by atoms with Crippen molar-refractivity contribution in [3.05, 3.63) is 40.0 Å². The summed E-state index contributed by atoms with van der Waals surface area (Å²) in [6.07, 6.45) is 0.994. The summed E-state index contributed by atoms with van der Waals surface area (Å²) in [5.41, 5.74) is 0.465. The molecule has 14 heavy (non-hydrogen) atoms. The zero-order valence-electron chi connectivity index (χ0n) is 7.90. The summed E-state index contributed by atoms with van der Waals surface area (Å²) in [6, 6.07) is 3.17. The summed E-state index contributed by atoms with van der Waals surface area (Å²) in [7, 11) is 0. The molecule has 0 radical (unpaired) electrons. The number of rotatable bonds is 2. The van der Waals surface area contributed by atoms with E-state index in [0.717, 1.165) is 6.08 Å². The van der Waals surface area contributed by atoms with Crippen LogP contribution in [0.3, 0.4) is 0 Å². The van der Waals surface area contributed by atoms with E-state index in [4.69, 9.17) is 9.52 Å². The van der Waals surface area contributed by atoms with Crippen LogP contribution in [0.25, 0.3) is 5.57 Å². The number of aryl methyl sites for hydroxylation is 1. The first-order valence-electron chi connectivity index (χ1n) is 4.03. The molecule has 0 fully saturated rings. The van der Waals surface area contributed by atoms with E-state index in [1.165, 1.54) is 0 Å². The van der Waals surface area contributed by atoms with Crippen LogP contribution in [0.2, 0.25) is 0 Å². The average Bonchev–Trinajstić information content (AvgIpc) is 2.08. The van der Waals surface area contributed by atoms with Crippen molar-refractivity contribution in [1.82, 2.24) is 0 Å². The van der Waals surface area contributed by atoms with Crippen molar-refractivity contribution < 1.29 is 14.3 Å². The molecule has 1 N–H and O–H groups in total. The van der Waals surface area contributed by atoms with Gasteiger partial charge in [-0.3, -0.25) is 0 Å². The van der Waals surface area contributed by atoms with Gasteiger partial charge in [-0.1, -0.05) is 0 Å². The number of carbonyl (C=O) groups is 1. The van der Waals surface area contributed by atoms with E-state index < -0.39 is 11.6 Å². The Labute approximate surface area is 80.5 Å². The fourth-order valence-electron chi connectivity index (χ4n) is 0.951.